The van der Waals surface area contributed by atoms with E-state index in [4.69, 9.17) is 9.47 Å². The zero-order valence-electron chi connectivity index (χ0n) is 13.7. The van der Waals surface area contributed by atoms with Gasteiger partial charge < -0.3 is 14.4 Å². The average molecular weight is 316 g/mol. The van der Waals surface area contributed by atoms with Crippen LogP contribution in [-0.2, 0) is 9.47 Å². The Bertz CT molecular complexity index is 602. The lowest BCUT2D eigenvalue weighted by molar-refractivity contribution is 0.00153. The van der Waals surface area contributed by atoms with Gasteiger partial charge in [-0.1, -0.05) is 6.07 Å². The maximum Gasteiger partial charge on any atom is 0.272 e. The minimum atomic E-state index is -0.201. The Hall–Kier alpha value is -1.46. The van der Waals surface area contributed by atoms with Crippen LogP contribution in [0, 0.1) is 12.8 Å². The number of hydrogen-bond donors (Lipinski definition) is 0. The molecule has 4 rings (SSSR count). The Balaban J connectivity index is 1.36. The van der Waals surface area contributed by atoms with E-state index in [9.17, 15) is 4.79 Å². The third-order valence-corrected chi connectivity index (χ3v) is 5.15. The van der Waals surface area contributed by atoms with Gasteiger partial charge in [0.15, 0.2) is 0 Å². The molecule has 1 aromatic rings. The molecule has 1 amide bonds. The first-order chi connectivity index (χ1) is 11.1. The first kappa shape index (κ1) is 15.1. The van der Waals surface area contributed by atoms with E-state index in [0.717, 1.165) is 37.6 Å². The van der Waals surface area contributed by atoms with Gasteiger partial charge in [0.1, 0.15) is 5.69 Å². The zero-order valence-corrected chi connectivity index (χ0v) is 13.7. The summed E-state index contributed by atoms with van der Waals surface area (Å²) in [6.45, 7) is 4.84. The normalized spacial score (nSPS) is 30.3. The van der Waals surface area contributed by atoms with Gasteiger partial charge in [-0.2, -0.15) is 0 Å². The molecule has 0 radical (unpaired) electrons. The summed E-state index contributed by atoms with van der Waals surface area (Å²) < 4.78 is 12.0. The lowest BCUT2D eigenvalue weighted by Crippen LogP contribution is -2.36. The number of amides is 1. The molecular formula is C18H24N2O3. The van der Waals surface area contributed by atoms with Crippen LogP contribution >= 0.6 is 0 Å². The fourth-order valence-corrected chi connectivity index (χ4v) is 3.59. The van der Waals surface area contributed by atoms with Crippen LogP contribution < -0.4 is 0 Å². The van der Waals surface area contributed by atoms with Crippen molar-refractivity contribution in [2.45, 2.75) is 44.3 Å². The summed E-state index contributed by atoms with van der Waals surface area (Å²) in [7, 11) is 0. The fraction of sp³-hybridized carbons (Fsp3) is 0.667. The van der Waals surface area contributed by atoms with Crippen LogP contribution in [0.15, 0.2) is 18.2 Å². The Morgan fingerprint density at radius 3 is 3.13 bits per heavy atom. The van der Waals surface area contributed by atoms with E-state index in [-0.39, 0.29) is 17.6 Å². The standard InChI is InChI=1S/C18H24N2O3/c1-13-3-2-4-16(19-13)17(21)20-8-7-18(12-20)9-15(11-23-18)22-10-14-5-6-14/h2-4,14-15H,5-12H2,1H3/t15-,18-/m1/s1. The largest absolute Gasteiger partial charge is 0.375 e. The number of pyridine rings is 1. The first-order valence-electron chi connectivity index (χ1n) is 8.62. The lowest BCUT2D eigenvalue weighted by atomic mass is 9.98. The molecule has 5 nitrogen and oxygen atoms in total. The molecule has 1 aliphatic carbocycles. The van der Waals surface area contributed by atoms with Crippen LogP contribution in [0.1, 0.15) is 41.9 Å². The Kier molecular flexibility index (Phi) is 3.85. The van der Waals surface area contributed by atoms with Crippen molar-refractivity contribution in [2.24, 2.45) is 5.92 Å². The fourth-order valence-electron chi connectivity index (χ4n) is 3.59. The van der Waals surface area contributed by atoms with Gasteiger partial charge in [0, 0.05) is 25.3 Å². The maximum atomic E-state index is 12.6. The van der Waals surface area contributed by atoms with E-state index < -0.39 is 0 Å². The highest BCUT2D eigenvalue weighted by atomic mass is 16.6. The van der Waals surface area contributed by atoms with Gasteiger partial charge >= 0.3 is 0 Å². The van der Waals surface area contributed by atoms with Crippen molar-refractivity contribution < 1.29 is 14.3 Å². The number of carbonyl (C=O) groups is 1. The van der Waals surface area contributed by atoms with E-state index in [1.165, 1.54) is 12.8 Å². The van der Waals surface area contributed by atoms with E-state index >= 15 is 0 Å². The first-order valence-corrected chi connectivity index (χ1v) is 8.62. The molecule has 5 heteroatoms. The van der Waals surface area contributed by atoms with Crippen LogP contribution in [0.3, 0.4) is 0 Å². The maximum absolute atomic E-state index is 12.6. The molecule has 2 aliphatic heterocycles. The van der Waals surface area contributed by atoms with E-state index in [1.807, 2.05) is 24.0 Å². The number of rotatable bonds is 4. The molecule has 0 bridgehead atoms. The highest BCUT2D eigenvalue weighted by molar-refractivity contribution is 5.92. The number of aromatic nitrogens is 1. The van der Waals surface area contributed by atoms with Gasteiger partial charge in [-0.05, 0) is 44.2 Å². The van der Waals surface area contributed by atoms with Gasteiger partial charge in [0.25, 0.3) is 5.91 Å². The van der Waals surface area contributed by atoms with Crippen LogP contribution in [0.25, 0.3) is 0 Å². The molecule has 124 valence electrons. The van der Waals surface area contributed by atoms with Crippen molar-refractivity contribution in [2.75, 3.05) is 26.3 Å². The summed E-state index contributed by atoms with van der Waals surface area (Å²) in [5.74, 6) is 0.789. The van der Waals surface area contributed by atoms with Crippen LogP contribution in [-0.4, -0.2) is 53.8 Å². The number of hydrogen-bond acceptors (Lipinski definition) is 4. The number of aryl methyl sites for hydroxylation is 1. The van der Waals surface area contributed by atoms with E-state index in [2.05, 4.69) is 4.98 Å². The monoisotopic (exact) mass is 316 g/mol. The summed E-state index contributed by atoms with van der Waals surface area (Å²) in [6, 6.07) is 5.58. The SMILES string of the molecule is Cc1cccc(C(=O)N2CC[C@@]3(C[C@@H](OCC4CC4)CO3)C2)n1. The summed E-state index contributed by atoms with van der Waals surface area (Å²) >= 11 is 0. The second-order valence-electron chi connectivity index (χ2n) is 7.24. The summed E-state index contributed by atoms with van der Waals surface area (Å²) in [4.78, 5) is 18.8. The molecule has 2 saturated heterocycles. The van der Waals surface area contributed by atoms with Crippen LogP contribution in [0.4, 0.5) is 0 Å². The topological polar surface area (TPSA) is 51.7 Å². The predicted octanol–water partition coefficient (Wildman–Crippen LogP) is 2.19. The average Bonchev–Trinajstić information content (AvgIpc) is 3.17. The summed E-state index contributed by atoms with van der Waals surface area (Å²) in [6.07, 6.45) is 4.62. The van der Waals surface area contributed by atoms with Gasteiger partial charge in [0.2, 0.25) is 0 Å². The second-order valence-corrected chi connectivity index (χ2v) is 7.24. The van der Waals surface area contributed by atoms with Crippen LogP contribution in [0.5, 0.6) is 0 Å². The van der Waals surface area contributed by atoms with Gasteiger partial charge in [-0.3, -0.25) is 4.79 Å². The minimum absolute atomic E-state index is 0.0107. The van der Waals surface area contributed by atoms with E-state index in [1.54, 1.807) is 6.07 Å². The molecule has 3 aliphatic rings. The molecule has 0 unspecified atom stereocenters. The van der Waals surface area contributed by atoms with Crippen molar-refractivity contribution in [3.8, 4) is 0 Å². The number of ether oxygens (including phenoxy) is 2. The van der Waals surface area contributed by atoms with Crippen molar-refractivity contribution >= 4 is 5.91 Å². The molecule has 3 fully saturated rings. The Morgan fingerprint density at radius 1 is 1.48 bits per heavy atom. The number of carbonyl (C=O) groups excluding carboxylic acids is 1. The molecule has 0 N–H and O–H groups in total. The molecule has 0 aromatic carbocycles. The third kappa shape index (κ3) is 3.26. The number of nitrogens with zero attached hydrogens (tertiary/aromatic N) is 2. The minimum Gasteiger partial charge on any atom is -0.375 e. The van der Waals surface area contributed by atoms with Crippen molar-refractivity contribution in [1.29, 1.82) is 0 Å². The predicted molar refractivity (Wildman–Crippen MR) is 85.3 cm³/mol. The molecule has 1 spiro atoms. The summed E-state index contributed by atoms with van der Waals surface area (Å²) in [5, 5.41) is 0. The second kappa shape index (κ2) is 5.87. The van der Waals surface area contributed by atoms with Crippen molar-refractivity contribution in [3.63, 3.8) is 0 Å². The van der Waals surface area contributed by atoms with Crippen molar-refractivity contribution in [3.05, 3.63) is 29.6 Å². The quantitative estimate of drug-likeness (QED) is 0.854. The van der Waals surface area contributed by atoms with Gasteiger partial charge in [-0.15, -0.1) is 0 Å². The van der Waals surface area contributed by atoms with E-state index in [0.29, 0.717) is 18.8 Å². The van der Waals surface area contributed by atoms with Crippen LogP contribution in [0.2, 0.25) is 0 Å². The molecule has 1 saturated carbocycles. The zero-order chi connectivity index (χ0) is 15.9. The van der Waals surface area contributed by atoms with Crippen molar-refractivity contribution in [1.82, 2.24) is 9.88 Å². The number of likely N-dealkylation sites (tertiary alicyclic amines) is 1. The van der Waals surface area contributed by atoms with Gasteiger partial charge in [0.05, 0.1) is 24.9 Å². The molecule has 23 heavy (non-hydrogen) atoms. The third-order valence-electron chi connectivity index (χ3n) is 5.15. The highest BCUT2D eigenvalue weighted by Gasteiger charge is 2.47. The molecule has 2 atom stereocenters. The smallest absolute Gasteiger partial charge is 0.272 e. The van der Waals surface area contributed by atoms with Gasteiger partial charge in [-0.25, -0.2) is 4.98 Å². The lowest BCUT2D eigenvalue weighted by Gasteiger charge is -2.23. The summed E-state index contributed by atoms with van der Waals surface area (Å²) in [5.41, 5.74) is 1.20. The molecule has 3 heterocycles. The molecular weight excluding hydrogens is 292 g/mol. The Labute approximate surface area is 137 Å². The molecule has 1 aromatic heterocycles. The highest BCUT2D eigenvalue weighted by Crippen LogP contribution is 2.38. The Morgan fingerprint density at radius 2 is 2.35 bits per heavy atom.